The quantitative estimate of drug-likeness (QED) is 0.524. The third-order valence-corrected chi connectivity index (χ3v) is 1.93. The van der Waals surface area contributed by atoms with Gasteiger partial charge in [-0.1, -0.05) is 32.9 Å². The van der Waals surface area contributed by atoms with Gasteiger partial charge in [0.15, 0.2) is 0 Å². The van der Waals surface area contributed by atoms with Crippen molar-refractivity contribution in [2.75, 3.05) is 0 Å². The van der Waals surface area contributed by atoms with E-state index in [0.717, 1.165) is 12.8 Å². The molecular formula is C13H24O2. The molecule has 0 atom stereocenters. The van der Waals surface area contributed by atoms with E-state index in [2.05, 4.69) is 32.9 Å². The largest absolute Gasteiger partial charge is 0.460 e. The van der Waals surface area contributed by atoms with Gasteiger partial charge in [-0.25, -0.2) is 0 Å². The number of hydrogen-bond acceptors (Lipinski definition) is 2. The molecule has 0 heterocycles. The Labute approximate surface area is 93.7 Å². The maximum absolute atomic E-state index is 10.8. The number of ether oxygens (including phenoxy) is 1. The zero-order valence-corrected chi connectivity index (χ0v) is 10.9. The lowest BCUT2D eigenvalue weighted by molar-refractivity contribution is -0.153. The van der Waals surface area contributed by atoms with Crippen molar-refractivity contribution in [1.29, 1.82) is 0 Å². The lowest BCUT2D eigenvalue weighted by atomic mass is 9.91. The minimum absolute atomic E-state index is 0.218. The van der Waals surface area contributed by atoms with Gasteiger partial charge in [0.2, 0.25) is 0 Å². The van der Waals surface area contributed by atoms with E-state index >= 15 is 0 Å². The fraction of sp³-hybridized carbons (Fsp3) is 0.769. The highest BCUT2D eigenvalue weighted by molar-refractivity contribution is 5.66. The van der Waals surface area contributed by atoms with E-state index in [1.54, 1.807) is 0 Å². The molecule has 0 N–H and O–H groups in total. The number of carbonyl (C=O) groups is 1. The molecule has 0 spiro atoms. The molecule has 0 bridgehead atoms. The lowest BCUT2D eigenvalue weighted by Crippen LogP contribution is -2.25. The molecule has 2 heteroatoms. The summed E-state index contributed by atoms with van der Waals surface area (Å²) in [7, 11) is 0. The summed E-state index contributed by atoms with van der Waals surface area (Å²) in [5.41, 5.74) is -0.0672. The van der Waals surface area contributed by atoms with Gasteiger partial charge in [0, 0.05) is 13.3 Å². The zero-order valence-electron chi connectivity index (χ0n) is 10.9. The van der Waals surface area contributed by atoms with Crippen molar-refractivity contribution in [3.05, 3.63) is 12.2 Å². The van der Waals surface area contributed by atoms with Crippen LogP contribution in [0.4, 0.5) is 0 Å². The Hall–Kier alpha value is -0.790. The van der Waals surface area contributed by atoms with Crippen molar-refractivity contribution in [2.45, 2.75) is 60.0 Å². The first kappa shape index (κ1) is 14.2. The highest BCUT2D eigenvalue weighted by atomic mass is 16.6. The monoisotopic (exact) mass is 212 g/mol. The van der Waals surface area contributed by atoms with Crippen LogP contribution in [0.3, 0.4) is 0 Å². The van der Waals surface area contributed by atoms with E-state index in [0.29, 0.717) is 5.41 Å². The molecule has 88 valence electrons. The molecule has 2 nitrogen and oxygen atoms in total. The van der Waals surface area contributed by atoms with Crippen LogP contribution in [0.1, 0.15) is 54.4 Å². The number of hydrogen-bond donors (Lipinski definition) is 0. The Morgan fingerprint density at radius 1 is 1.07 bits per heavy atom. The van der Waals surface area contributed by atoms with Crippen molar-refractivity contribution in [3.8, 4) is 0 Å². The second kappa shape index (κ2) is 5.34. The smallest absolute Gasteiger partial charge is 0.303 e. The Balaban J connectivity index is 3.98. The van der Waals surface area contributed by atoms with Crippen LogP contribution >= 0.6 is 0 Å². The Bertz CT molecular complexity index is 231. The average molecular weight is 212 g/mol. The van der Waals surface area contributed by atoms with Gasteiger partial charge in [0.1, 0.15) is 5.60 Å². The summed E-state index contributed by atoms with van der Waals surface area (Å²) in [6, 6.07) is 0. The summed E-state index contributed by atoms with van der Waals surface area (Å²) in [5, 5.41) is 0. The summed E-state index contributed by atoms with van der Waals surface area (Å²) in [5.74, 6) is -0.218. The summed E-state index contributed by atoms with van der Waals surface area (Å²) >= 11 is 0. The van der Waals surface area contributed by atoms with E-state index in [1.165, 1.54) is 6.92 Å². The second-order valence-corrected chi connectivity index (χ2v) is 5.79. The minimum Gasteiger partial charge on any atom is -0.460 e. The molecule has 0 amide bonds. The summed E-state index contributed by atoms with van der Waals surface area (Å²) < 4.78 is 5.18. The van der Waals surface area contributed by atoms with Gasteiger partial charge >= 0.3 is 5.97 Å². The first-order valence-corrected chi connectivity index (χ1v) is 5.47. The fourth-order valence-electron chi connectivity index (χ4n) is 1.23. The van der Waals surface area contributed by atoms with Crippen molar-refractivity contribution in [3.63, 3.8) is 0 Å². The second-order valence-electron chi connectivity index (χ2n) is 5.79. The standard InChI is InChI=1S/C13H24O2/c1-11(14)15-13(5,6)10-8-7-9-12(2,3)4/h7-8H,9-10H2,1-6H3/b8-7+. The Kier molecular flexibility index (Phi) is 5.06. The molecule has 0 aliphatic carbocycles. The number of carbonyl (C=O) groups excluding carboxylic acids is 1. The third kappa shape index (κ3) is 9.51. The van der Waals surface area contributed by atoms with Crippen LogP contribution in [0.25, 0.3) is 0 Å². The average Bonchev–Trinajstić information content (AvgIpc) is 1.93. The van der Waals surface area contributed by atoms with Gasteiger partial charge in [-0.2, -0.15) is 0 Å². The van der Waals surface area contributed by atoms with E-state index in [-0.39, 0.29) is 11.6 Å². The van der Waals surface area contributed by atoms with Gasteiger partial charge in [0.25, 0.3) is 0 Å². The SMILES string of the molecule is CC(=O)OC(C)(C)C/C=C/CC(C)(C)C. The molecule has 15 heavy (non-hydrogen) atoms. The topological polar surface area (TPSA) is 26.3 Å². The van der Waals surface area contributed by atoms with E-state index in [9.17, 15) is 4.79 Å². The molecule has 0 aliphatic rings. The molecule has 0 aromatic rings. The number of rotatable bonds is 4. The molecular weight excluding hydrogens is 188 g/mol. The zero-order chi connectivity index (χ0) is 12.1. The van der Waals surface area contributed by atoms with Crippen LogP contribution in [0, 0.1) is 5.41 Å². The number of allylic oxidation sites excluding steroid dienone is 1. The van der Waals surface area contributed by atoms with Gasteiger partial charge in [-0.3, -0.25) is 4.79 Å². The molecule has 0 aromatic carbocycles. The lowest BCUT2D eigenvalue weighted by Gasteiger charge is -2.23. The number of esters is 1. The molecule has 0 saturated heterocycles. The Morgan fingerprint density at radius 3 is 1.93 bits per heavy atom. The first-order valence-electron chi connectivity index (χ1n) is 5.47. The first-order chi connectivity index (χ1) is 6.62. The normalized spacial score (nSPS) is 13.2. The van der Waals surface area contributed by atoms with Crippen LogP contribution in [0.2, 0.25) is 0 Å². The third-order valence-electron chi connectivity index (χ3n) is 1.93. The van der Waals surface area contributed by atoms with Crippen molar-refractivity contribution in [1.82, 2.24) is 0 Å². The van der Waals surface area contributed by atoms with Gasteiger partial charge in [-0.05, 0) is 25.7 Å². The van der Waals surface area contributed by atoms with Gasteiger partial charge in [0.05, 0.1) is 0 Å². The molecule has 0 aromatic heterocycles. The van der Waals surface area contributed by atoms with Crippen LogP contribution in [-0.2, 0) is 9.53 Å². The van der Waals surface area contributed by atoms with E-state index < -0.39 is 0 Å². The maximum Gasteiger partial charge on any atom is 0.303 e. The van der Waals surface area contributed by atoms with E-state index in [1.807, 2.05) is 13.8 Å². The van der Waals surface area contributed by atoms with Crippen LogP contribution in [0.5, 0.6) is 0 Å². The highest BCUT2D eigenvalue weighted by Gasteiger charge is 2.19. The summed E-state index contributed by atoms with van der Waals surface area (Å²) in [6.45, 7) is 11.9. The predicted octanol–water partition coefficient (Wildman–Crippen LogP) is 3.71. The van der Waals surface area contributed by atoms with Crippen molar-refractivity contribution >= 4 is 5.97 Å². The van der Waals surface area contributed by atoms with Crippen LogP contribution in [0.15, 0.2) is 12.2 Å². The molecule has 0 saturated carbocycles. The predicted molar refractivity (Wildman–Crippen MR) is 63.7 cm³/mol. The fourth-order valence-corrected chi connectivity index (χ4v) is 1.23. The van der Waals surface area contributed by atoms with E-state index in [4.69, 9.17) is 4.74 Å². The molecule has 0 aliphatic heterocycles. The van der Waals surface area contributed by atoms with Crippen LogP contribution < -0.4 is 0 Å². The maximum atomic E-state index is 10.8. The molecule has 0 unspecified atom stereocenters. The minimum atomic E-state index is -0.389. The molecule has 0 radical (unpaired) electrons. The highest BCUT2D eigenvalue weighted by Crippen LogP contribution is 2.20. The van der Waals surface area contributed by atoms with Crippen molar-refractivity contribution < 1.29 is 9.53 Å². The van der Waals surface area contributed by atoms with Gasteiger partial charge in [-0.15, -0.1) is 0 Å². The molecule has 0 fully saturated rings. The summed E-state index contributed by atoms with van der Waals surface area (Å²) in [6.07, 6.45) is 6.06. The molecule has 0 rings (SSSR count). The van der Waals surface area contributed by atoms with Crippen LogP contribution in [-0.4, -0.2) is 11.6 Å². The summed E-state index contributed by atoms with van der Waals surface area (Å²) in [4.78, 5) is 10.8. The van der Waals surface area contributed by atoms with Gasteiger partial charge < -0.3 is 4.74 Å². The Morgan fingerprint density at radius 2 is 1.53 bits per heavy atom. The van der Waals surface area contributed by atoms with Crippen molar-refractivity contribution in [2.24, 2.45) is 5.41 Å².